The first kappa shape index (κ1) is 56.7. The lowest BCUT2D eigenvalue weighted by atomic mass is 9.12. The third-order valence-corrected chi connectivity index (χ3v) is 11.4. The molecular weight excluding hydrogens is 1060 g/mol. The van der Waals surface area contributed by atoms with Gasteiger partial charge in [0, 0.05) is 5.56 Å². The van der Waals surface area contributed by atoms with Crippen LogP contribution in [-0.2, 0) is 56.0 Å². The summed E-state index contributed by atoms with van der Waals surface area (Å²) in [6.45, 7) is 2.39. The third kappa shape index (κ3) is 12.9. The summed E-state index contributed by atoms with van der Waals surface area (Å²) in [6, 6.07) is -1.12. The molecule has 388 valence electrons. The Bertz CT molecular complexity index is 2480. The van der Waals surface area contributed by atoms with E-state index in [0.29, 0.717) is 6.54 Å². The Morgan fingerprint density at radius 3 is 0.875 bits per heavy atom. The van der Waals surface area contributed by atoms with E-state index in [1.54, 1.807) is 11.3 Å². The van der Waals surface area contributed by atoms with E-state index in [4.69, 9.17) is 0 Å². The highest BCUT2D eigenvalue weighted by molar-refractivity contribution is 7.20. The predicted octanol–water partition coefficient (Wildman–Crippen LogP) is 13.4. The normalized spacial score (nSPS) is 13.5. The van der Waals surface area contributed by atoms with Crippen molar-refractivity contribution in [1.82, 2.24) is 0 Å². The van der Waals surface area contributed by atoms with Crippen molar-refractivity contribution in [3.05, 3.63) is 170 Å². The summed E-state index contributed by atoms with van der Waals surface area (Å²) in [4.78, 5) is 11.9. The lowest BCUT2D eigenvalue weighted by molar-refractivity contribution is -0.678. The molecule has 0 unspecified atom stereocenters. The van der Waals surface area contributed by atoms with Crippen LogP contribution < -0.4 is 26.4 Å². The molecule has 0 saturated heterocycles. The van der Waals surface area contributed by atoms with Crippen LogP contribution in [0.25, 0.3) is 0 Å². The quantitative estimate of drug-likeness (QED) is 0.0675. The Morgan fingerprint density at radius 2 is 0.667 bits per heavy atom. The van der Waals surface area contributed by atoms with Crippen LogP contribution in [0, 0.1) is 6.92 Å². The van der Waals surface area contributed by atoms with Crippen LogP contribution in [0.5, 0.6) is 0 Å². The molecule has 6 aromatic rings. The standard InChI is InChI=1S/C32H12BF24.C12H12NOS/c34-25(35,36)13-1-14(26(37,38)39)6-21(5-13)33(22-7-15(27(40,41)42)2-16(8-22)28(43,44)45,23-9-17(29(46,47)48)3-18(10-23)30(49,50)51)24-11-19(31(52,53)54)4-20(12-24)32(55,56)57;1-10-4-2-3-5-11(10)12(14)8-13-6-7-15-9-13/h1-12H;2-7,9H,8H2,1H3/q-1;+1. The molecule has 5 aromatic carbocycles. The van der Waals surface area contributed by atoms with Crippen LogP contribution >= 0.6 is 11.3 Å². The number of hydrogen-bond donors (Lipinski definition) is 0. The van der Waals surface area contributed by atoms with Gasteiger partial charge in [0.15, 0.2) is 6.20 Å². The zero-order valence-corrected chi connectivity index (χ0v) is 35.9. The summed E-state index contributed by atoms with van der Waals surface area (Å²) in [7, 11) is 0. The number of aryl methyl sites for hydroxylation is 1. The summed E-state index contributed by atoms with van der Waals surface area (Å²) in [5.41, 5.74) is -26.4. The first-order valence-corrected chi connectivity index (χ1v) is 20.3. The fraction of sp³-hybridized carbons (Fsp3) is 0.227. The van der Waals surface area contributed by atoms with E-state index >= 15 is 0 Å². The van der Waals surface area contributed by atoms with Crippen molar-refractivity contribution in [2.24, 2.45) is 0 Å². The van der Waals surface area contributed by atoms with Crippen molar-refractivity contribution in [3.8, 4) is 0 Å². The summed E-state index contributed by atoms with van der Waals surface area (Å²) >= 11 is 1.59. The largest absolute Gasteiger partial charge is 0.416 e. The SMILES string of the molecule is Cc1ccccc1C(=O)C[n+]1ccsc1.FC(F)(F)c1cc([B-](c2cc(C(F)(F)F)cc(C(F)(F)F)c2)(c2cc(C(F)(F)F)cc(C(F)(F)F)c2)c2cc(C(F)(F)F)cc(C(F)(F)F)c2)cc(C(F)(F)F)c1. The van der Waals surface area contributed by atoms with Crippen molar-refractivity contribution in [2.75, 3.05) is 0 Å². The van der Waals surface area contributed by atoms with Crippen molar-refractivity contribution < 1.29 is 115 Å². The van der Waals surface area contributed by atoms with Gasteiger partial charge >= 0.3 is 49.4 Å². The number of benzene rings is 5. The molecule has 0 aliphatic rings. The molecule has 0 fully saturated rings. The van der Waals surface area contributed by atoms with E-state index in [-0.39, 0.29) is 5.78 Å². The highest BCUT2D eigenvalue weighted by atomic mass is 32.1. The van der Waals surface area contributed by atoms with Crippen LogP contribution in [0.4, 0.5) is 105 Å². The molecule has 0 spiro atoms. The molecule has 0 bridgehead atoms. The molecule has 2 nitrogen and oxygen atoms in total. The lowest BCUT2D eigenvalue weighted by Crippen LogP contribution is -2.75. The molecule has 0 radical (unpaired) electrons. The van der Waals surface area contributed by atoms with Gasteiger partial charge in [-0.15, -0.1) is 0 Å². The maximum Gasteiger partial charge on any atom is 0.416 e. The minimum atomic E-state index is -6.13. The number of alkyl halides is 24. The van der Waals surface area contributed by atoms with E-state index < -0.39 is 195 Å². The number of Topliss-reactive ketones (excluding diaryl/α,β-unsaturated/α-hetero) is 1. The van der Waals surface area contributed by atoms with Gasteiger partial charge in [0.25, 0.3) is 0 Å². The van der Waals surface area contributed by atoms with E-state index in [9.17, 15) is 110 Å². The smallest absolute Gasteiger partial charge is 0.287 e. The monoisotopic (exact) mass is 1080 g/mol. The van der Waals surface area contributed by atoms with Crippen molar-refractivity contribution >= 4 is 45.1 Å². The highest BCUT2D eigenvalue weighted by Crippen LogP contribution is 2.41. The van der Waals surface area contributed by atoms with E-state index in [0.717, 1.165) is 11.1 Å². The molecule has 72 heavy (non-hydrogen) atoms. The number of halogens is 24. The number of carbonyl (C=O) groups is 1. The molecule has 0 aliphatic heterocycles. The zero-order chi connectivity index (χ0) is 54.6. The summed E-state index contributed by atoms with van der Waals surface area (Å²) in [5.74, 6) is 0.163. The molecule has 6 rings (SSSR count). The number of thiazole rings is 1. The average Bonchev–Trinajstić information content (AvgIpc) is 3.74. The highest BCUT2D eigenvalue weighted by Gasteiger charge is 2.47. The van der Waals surface area contributed by atoms with Gasteiger partial charge in [0.1, 0.15) is 6.15 Å². The number of ketones is 1. The molecule has 1 aromatic heterocycles. The second-order valence-corrected chi connectivity index (χ2v) is 16.4. The van der Waals surface area contributed by atoms with Crippen molar-refractivity contribution in [3.63, 3.8) is 0 Å². The van der Waals surface area contributed by atoms with Crippen LogP contribution in [0.1, 0.15) is 60.4 Å². The van der Waals surface area contributed by atoms with Crippen molar-refractivity contribution in [2.45, 2.75) is 62.9 Å². The number of carbonyl (C=O) groups excluding carboxylic acids is 1. The Kier molecular flexibility index (Phi) is 15.2. The molecule has 28 heteroatoms. The van der Waals surface area contributed by atoms with Gasteiger partial charge < -0.3 is 0 Å². The van der Waals surface area contributed by atoms with Gasteiger partial charge in [-0.1, -0.05) is 84.1 Å². The summed E-state index contributed by atoms with van der Waals surface area (Å²) < 4.78 is 343. The van der Waals surface area contributed by atoms with Crippen LogP contribution in [0.3, 0.4) is 0 Å². The van der Waals surface area contributed by atoms with E-state index in [2.05, 4.69) is 0 Å². The summed E-state index contributed by atoms with van der Waals surface area (Å²) in [6.07, 6.45) is -52.9. The molecule has 0 amide bonds. The number of hydrogen-bond acceptors (Lipinski definition) is 2. The topological polar surface area (TPSA) is 20.9 Å². The Morgan fingerprint density at radius 1 is 0.417 bits per heavy atom. The van der Waals surface area contributed by atoms with Gasteiger partial charge in [-0.25, -0.2) is 0 Å². The maximum atomic E-state index is 14.2. The molecule has 0 aliphatic carbocycles. The number of rotatable bonds is 7. The Hall–Kier alpha value is -6.22. The summed E-state index contributed by atoms with van der Waals surface area (Å²) in [5, 5.41) is 1.96. The van der Waals surface area contributed by atoms with E-state index in [1.807, 2.05) is 52.8 Å². The molecular formula is C44H24BF24NOS. The number of aromatic nitrogens is 1. The second kappa shape index (κ2) is 19.3. The van der Waals surface area contributed by atoms with Gasteiger partial charge in [-0.05, 0) is 36.8 Å². The molecule has 1 heterocycles. The van der Waals surface area contributed by atoms with Crippen molar-refractivity contribution in [1.29, 1.82) is 0 Å². The molecule has 0 N–H and O–H groups in total. The molecule has 0 atom stereocenters. The van der Waals surface area contributed by atoms with Gasteiger partial charge in [0.2, 0.25) is 17.8 Å². The third-order valence-electron chi connectivity index (χ3n) is 10.7. The Balaban J connectivity index is 0.000000542. The van der Waals surface area contributed by atoms with Gasteiger partial charge in [-0.3, -0.25) is 4.79 Å². The van der Waals surface area contributed by atoms with Crippen LogP contribution in [0.15, 0.2) is 114 Å². The maximum absolute atomic E-state index is 14.2. The number of nitrogens with zero attached hydrogens (tertiary/aromatic N) is 1. The minimum absolute atomic E-state index is 0.163. The minimum Gasteiger partial charge on any atom is -0.287 e. The van der Waals surface area contributed by atoms with Crippen LogP contribution in [0.2, 0.25) is 0 Å². The molecule has 0 saturated carbocycles. The first-order chi connectivity index (χ1) is 32.5. The second-order valence-electron chi connectivity index (χ2n) is 15.7. The van der Waals surface area contributed by atoms with Crippen LogP contribution in [-0.4, -0.2) is 11.9 Å². The fourth-order valence-electron chi connectivity index (χ4n) is 7.56. The fourth-order valence-corrected chi connectivity index (χ4v) is 8.16. The Labute approximate surface area is 392 Å². The average molecular weight is 1080 g/mol. The zero-order valence-electron chi connectivity index (χ0n) is 35.1. The first-order valence-electron chi connectivity index (χ1n) is 19.4. The van der Waals surface area contributed by atoms with Gasteiger partial charge in [-0.2, -0.15) is 132 Å². The van der Waals surface area contributed by atoms with Gasteiger partial charge in [0.05, 0.1) is 49.9 Å². The van der Waals surface area contributed by atoms with E-state index in [1.165, 1.54) is 0 Å². The lowest BCUT2D eigenvalue weighted by Gasteiger charge is -2.46. The predicted molar refractivity (Wildman–Crippen MR) is 210 cm³/mol.